The Morgan fingerprint density at radius 2 is 1.08 bits per heavy atom. The summed E-state index contributed by atoms with van der Waals surface area (Å²) in [5.41, 5.74) is 17.7. The van der Waals surface area contributed by atoms with Crippen LogP contribution in [0.15, 0.2) is 72.8 Å². The van der Waals surface area contributed by atoms with Crippen molar-refractivity contribution in [3.8, 4) is 0 Å². The van der Waals surface area contributed by atoms with Gasteiger partial charge in [0.1, 0.15) is 0 Å². The first-order valence-electron chi connectivity index (χ1n) is 8.05. The Hall–Kier alpha value is -2.74. The predicted octanol–water partition coefficient (Wildman–Crippen LogP) is 5.46. The lowest BCUT2D eigenvalue weighted by Crippen LogP contribution is -1.85. The number of hydrogen-bond donors (Lipinski definition) is 2. The van der Waals surface area contributed by atoms with Crippen LogP contribution in [0.2, 0.25) is 0 Å². The minimum atomic E-state index is 0.829. The van der Waals surface area contributed by atoms with Crippen molar-refractivity contribution in [1.29, 1.82) is 0 Å². The second-order valence-electron chi connectivity index (χ2n) is 5.93. The third-order valence-electron chi connectivity index (χ3n) is 3.44. The van der Waals surface area contributed by atoms with E-state index in [1.54, 1.807) is 0 Å². The molecule has 3 aromatic rings. The van der Waals surface area contributed by atoms with Crippen molar-refractivity contribution >= 4 is 11.4 Å². The molecule has 0 aliphatic carbocycles. The van der Waals surface area contributed by atoms with E-state index in [2.05, 4.69) is 38.1 Å². The van der Waals surface area contributed by atoms with Crippen LogP contribution < -0.4 is 11.5 Å². The van der Waals surface area contributed by atoms with Crippen LogP contribution in [-0.2, 0) is 0 Å². The maximum atomic E-state index is 5.52. The van der Waals surface area contributed by atoms with Crippen LogP contribution >= 0.6 is 0 Å². The summed E-state index contributed by atoms with van der Waals surface area (Å²) in [4.78, 5) is 0. The van der Waals surface area contributed by atoms with Crippen molar-refractivity contribution in [2.45, 2.75) is 27.7 Å². The van der Waals surface area contributed by atoms with Gasteiger partial charge in [0, 0.05) is 11.4 Å². The van der Waals surface area contributed by atoms with Gasteiger partial charge in [-0.1, -0.05) is 71.3 Å². The fourth-order valence-electron chi connectivity index (χ4n) is 1.96. The number of para-hydroxylation sites is 1. The number of aryl methyl sites for hydroxylation is 4. The molecule has 0 atom stereocenters. The van der Waals surface area contributed by atoms with Gasteiger partial charge >= 0.3 is 0 Å². The monoisotopic (exact) mass is 320 g/mol. The number of anilines is 2. The summed E-state index contributed by atoms with van der Waals surface area (Å²) in [7, 11) is 0. The molecule has 0 heterocycles. The van der Waals surface area contributed by atoms with E-state index >= 15 is 0 Å². The molecule has 3 rings (SSSR count). The molecule has 0 aliphatic rings. The zero-order chi connectivity index (χ0) is 17.9. The Bertz CT molecular complexity index is 672. The highest BCUT2D eigenvalue weighted by molar-refractivity contribution is 5.45. The molecule has 2 heteroatoms. The molecule has 0 saturated heterocycles. The number of nitrogen functional groups attached to an aromatic ring is 2. The van der Waals surface area contributed by atoms with Gasteiger partial charge in [-0.3, -0.25) is 0 Å². The highest BCUT2D eigenvalue weighted by Crippen LogP contribution is 2.06. The van der Waals surface area contributed by atoms with Crippen molar-refractivity contribution in [2.24, 2.45) is 0 Å². The quantitative estimate of drug-likeness (QED) is 0.540. The number of nitrogens with two attached hydrogens (primary N) is 2. The van der Waals surface area contributed by atoms with Crippen LogP contribution in [0.4, 0.5) is 11.4 Å². The summed E-state index contributed by atoms with van der Waals surface area (Å²) in [5, 5.41) is 0. The number of rotatable bonds is 0. The number of benzene rings is 3. The van der Waals surface area contributed by atoms with E-state index in [0.717, 1.165) is 16.9 Å². The Balaban J connectivity index is 0.000000180. The van der Waals surface area contributed by atoms with Gasteiger partial charge in [-0.15, -0.1) is 0 Å². The summed E-state index contributed by atoms with van der Waals surface area (Å²) in [5.74, 6) is 0. The van der Waals surface area contributed by atoms with E-state index in [1.165, 1.54) is 16.7 Å². The van der Waals surface area contributed by atoms with Gasteiger partial charge in [0.05, 0.1) is 0 Å². The molecular formula is C22H28N2. The zero-order valence-corrected chi connectivity index (χ0v) is 15.1. The fourth-order valence-corrected chi connectivity index (χ4v) is 1.96. The molecule has 24 heavy (non-hydrogen) atoms. The minimum Gasteiger partial charge on any atom is -0.399 e. The molecule has 0 amide bonds. The molecule has 3 aromatic carbocycles. The van der Waals surface area contributed by atoms with Crippen LogP contribution in [0, 0.1) is 27.7 Å². The molecule has 0 aromatic heterocycles. The number of hydrogen-bond acceptors (Lipinski definition) is 2. The van der Waals surface area contributed by atoms with Crippen LogP contribution in [-0.4, -0.2) is 0 Å². The van der Waals surface area contributed by atoms with E-state index < -0.39 is 0 Å². The highest BCUT2D eigenvalue weighted by Gasteiger charge is 1.84. The highest BCUT2D eigenvalue weighted by atomic mass is 14.5. The van der Waals surface area contributed by atoms with Gasteiger partial charge in [-0.25, -0.2) is 0 Å². The molecule has 126 valence electrons. The largest absolute Gasteiger partial charge is 0.399 e. The summed E-state index contributed by atoms with van der Waals surface area (Å²) in [6, 6.07) is 24.0. The lowest BCUT2D eigenvalue weighted by Gasteiger charge is -1.93. The Labute approximate surface area is 146 Å². The lowest BCUT2D eigenvalue weighted by atomic mass is 10.2. The smallest absolute Gasteiger partial charge is 0.0343 e. The lowest BCUT2D eigenvalue weighted by molar-refractivity contribution is 1.39. The van der Waals surface area contributed by atoms with E-state index in [9.17, 15) is 0 Å². The average molecular weight is 320 g/mol. The Morgan fingerprint density at radius 1 is 0.542 bits per heavy atom. The first-order chi connectivity index (χ1) is 11.4. The summed E-state index contributed by atoms with van der Waals surface area (Å²) in [6.45, 7) is 8.24. The summed E-state index contributed by atoms with van der Waals surface area (Å²) in [6.07, 6.45) is 0. The third kappa shape index (κ3) is 8.04. The Morgan fingerprint density at radius 3 is 1.42 bits per heavy atom. The van der Waals surface area contributed by atoms with Gasteiger partial charge in [0.2, 0.25) is 0 Å². The molecule has 0 saturated carbocycles. The molecule has 0 unspecified atom stereocenters. The van der Waals surface area contributed by atoms with Crippen molar-refractivity contribution in [3.63, 3.8) is 0 Å². The summed E-state index contributed by atoms with van der Waals surface area (Å²) >= 11 is 0. The van der Waals surface area contributed by atoms with Crippen molar-refractivity contribution in [2.75, 3.05) is 11.5 Å². The third-order valence-corrected chi connectivity index (χ3v) is 3.44. The van der Waals surface area contributed by atoms with Gasteiger partial charge in [0.25, 0.3) is 0 Å². The SMILES string of the molecule is Cc1ccc(N)cc1.Cc1cccc(C)c1.Cc1ccccc1N. The molecule has 0 bridgehead atoms. The van der Waals surface area contributed by atoms with Crippen molar-refractivity contribution < 1.29 is 0 Å². The Kier molecular flexibility index (Phi) is 8.14. The maximum Gasteiger partial charge on any atom is 0.0343 e. The van der Waals surface area contributed by atoms with Gasteiger partial charge in [-0.2, -0.15) is 0 Å². The van der Waals surface area contributed by atoms with Gasteiger partial charge < -0.3 is 11.5 Å². The van der Waals surface area contributed by atoms with Gasteiger partial charge in [0.15, 0.2) is 0 Å². The van der Waals surface area contributed by atoms with Crippen LogP contribution in [0.3, 0.4) is 0 Å². The van der Waals surface area contributed by atoms with Crippen molar-refractivity contribution in [1.82, 2.24) is 0 Å². The molecular weight excluding hydrogens is 292 g/mol. The molecule has 0 spiro atoms. The predicted molar refractivity (Wildman–Crippen MR) is 107 cm³/mol. The molecule has 2 nitrogen and oxygen atoms in total. The topological polar surface area (TPSA) is 52.0 Å². The van der Waals surface area contributed by atoms with E-state index in [4.69, 9.17) is 11.5 Å². The van der Waals surface area contributed by atoms with E-state index in [-0.39, 0.29) is 0 Å². The van der Waals surface area contributed by atoms with Gasteiger partial charge in [-0.05, 0) is 51.5 Å². The van der Waals surface area contributed by atoms with E-state index in [1.807, 2.05) is 62.4 Å². The normalized spacial score (nSPS) is 9.17. The average Bonchev–Trinajstić information content (AvgIpc) is 2.54. The first-order valence-corrected chi connectivity index (χ1v) is 8.05. The van der Waals surface area contributed by atoms with Crippen molar-refractivity contribution in [3.05, 3.63) is 95.1 Å². The minimum absolute atomic E-state index is 0.829. The first kappa shape index (κ1) is 19.3. The zero-order valence-electron chi connectivity index (χ0n) is 15.1. The maximum absolute atomic E-state index is 5.52. The molecule has 0 radical (unpaired) electrons. The second-order valence-corrected chi connectivity index (χ2v) is 5.93. The van der Waals surface area contributed by atoms with Crippen LogP contribution in [0.25, 0.3) is 0 Å². The molecule has 4 N–H and O–H groups in total. The molecule has 0 fully saturated rings. The molecule has 0 aliphatic heterocycles. The van der Waals surface area contributed by atoms with Crippen LogP contribution in [0.5, 0.6) is 0 Å². The fraction of sp³-hybridized carbons (Fsp3) is 0.182. The van der Waals surface area contributed by atoms with Crippen LogP contribution in [0.1, 0.15) is 22.3 Å². The second kappa shape index (κ2) is 10.1. The standard InChI is InChI=1S/C8H10.2C7H9N/c1-7-4-3-5-8(2)6-7;1-6-2-4-7(8)5-3-6;1-6-4-2-3-5-7(6)8/h3-6H,1-2H3;2*2-5H,8H2,1H3. The summed E-state index contributed by atoms with van der Waals surface area (Å²) < 4.78 is 0. The van der Waals surface area contributed by atoms with E-state index in [0.29, 0.717) is 0 Å².